The highest BCUT2D eigenvalue weighted by atomic mass is 16.5. The maximum atomic E-state index is 12.6. The van der Waals surface area contributed by atoms with Crippen molar-refractivity contribution in [3.05, 3.63) is 0 Å². The Labute approximate surface area is 191 Å². The molecule has 2 aliphatic rings. The molecule has 0 N–H and O–H groups in total. The molecule has 4 nitrogen and oxygen atoms in total. The van der Waals surface area contributed by atoms with E-state index in [0.29, 0.717) is 12.5 Å². The van der Waals surface area contributed by atoms with E-state index in [1.807, 2.05) is 4.90 Å². The van der Waals surface area contributed by atoms with E-state index in [9.17, 15) is 9.59 Å². The number of nitrogens with zero attached hydrogens (tertiary/aromatic N) is 1. The first kappa shape index (κ1) is 26.2. The van der Waals surface area contributed by atoms with Crippen molar-refractivity contribution in [1.29, 1.82) is 0 Å². The SMILES string of the molecule is CCCCCCCCCCCCCCOC(=O)C1CCN(C(=O)C2CCCCC2)CC1. The zero-order chi connectivity index (χ0) is 22.2. The van der Waals surface area contributed by atoms with Crippen LogP contribution < -0.4 is 0 Å². The highest BCUT2D eigenvalue weighted by Crippen LogP contribution is 2.28. The molecule has 180 valence electrons. The average molecular weight is 436 g/mol. The number of esters is 1. The number of likely N-dealkylation sites (tertiary alicyclic amines) is 1. The first-order valence-corrected chi connectivity index (χ1v) is 13.7. The van der Waals surface area contributed by atoms with Crippen LogP contribution in [0.2, 0.25) is 0 Å². The van der Waals surface area contributed by atoms with Crippen molar-refractivity contribution in [1.82, 2.24) is 4.90 Å². The van der Waals surface area contributed by atoms with Crippen molar-refractivity contribution in [2.45, 2.75) is 129 Å². The molecule has 31 heavy (non-hydrogen) atoms. The van der Waals surface area contributed by atoms with Crippen molar-refractivity contribution in [2.75, 3.05) is 19.7 Å². The molecular formula is C27H49NO3. The van der Waals surface area contributed by atoms with Crippen LogP contribution in [0.3, 0.4) is 0 Å². The van der Waals surface area contributed by atoms with E-state index < -0.39 is 0 Å². The van der Waals surface area contributed by atoms with Gasteiger partial charge in [0, 0.05) is 19.0 Å². The largest absolute Gasteiger partial charge is 0.465 e. The molecule has 2 fully saturated rings. The summed E-state index contributed by atoms with van der Waals surface area (Å²) in [6.07, 6.45) is 23.1. The van der Waals surface area contributed by atoms with Crippen LogP contribution in [0.5, 0.6) is 0 Å². The molecule has 0 spiro atoms. The van der Waals surface area contributed by atoms with Gasteiger partial charge in [0.25, 0.3) is 0 Å². The third-order valence-electron chi connectivity index (χ3n) is 7.34. The topological polar surface area (TPSA) is 46.6 Å². The summed E-state index contributed by atoms with van der Waals surface area (Å²) < 4.78 is 5.54. The second kappa shape index (κ2) is 16.6. The number of hydrogen-bond acceptors (Lipinski definition) is 3. The predicted octanol–water partition coefficient (Wildman–Crippen LogP) is 7.05. The first-order valence-electron chi connectivity index (χ1n) is 13.7. The average Bonchev–Trinajstić information content (AvgIpc) is 2.82. The lowest BCUT2D eigenvalue weighted by molar-refractivity contribution is -0.152. The zero-order valence-corrected chi connectivity index (χ0v) is 20.4. The molecule has 1 aliphatic heterocycles. The van der Waals surface area contributed by atoms with Gasteiger partial charge in [-0.25, -0.2) is 0 Å². The Bertz CT molecular complexity index is 479. The van der Waals surface area contributed by atoms with Gasteiger partial charge in [0.1, 0.15) is 0 Å². The third kappa shape index (κ3) is 10.9. The molecule has 4 heteroatoms. The summed E-state index contributed by atoms with van der Waals surface area (Å²) in [5.41, 5.74) is 0. The number of hydrogen-bond donors (Lipinski definition) is 0. The van der Waals surface area contributed by atoms with E-state index in [2.05, 4.69) is 6.92 Å². The standard InChI is InChI=1S/C27H49NO3/c1-2-3-4-5-6-7-8-9-10-11-12-16-23-31-27(30)25-19-21-28(22-20-25)26(29)24-17-14-13-15-18-24/h24-25H,2-23H2,1H3. The molecule has 0 bridgehead atoms. The van der Waals surface area contributed by atoms with Gasteiger partial charge >= 0.3 is 5.97 Å². The first-order chi connectivity index (χ1) is 15.2. The Morgan fingerprint density at radius 1 is 0.677 bits per heavy atom. The molecular weight excluding hydrogens is 386 g/mol. The molecule has 1 saturated heterocycles. The number of ether oxygens (including phenoxy) is 1. The Kier molecular flexibility index (Phi) is 14.0. The Morgan fingerprint density at radius 3 is 1.74 bits per heavy atom. The smallest absolute Gasteiger partial charge is 0.309 e. The molecule has 0 aromatic heterocycles. The van der Waals surface area contributed by atoms with E-state index in [1.165, 1.54) is 83.5 Å². The molecule has 0 unspecified atom stereocenters. The molecule has 0 atom stereocenters. The quantitative estimate of drug-likeness (QED) is 0.204. The van der Waals surface area contributed by atoms with E-state index in [4.69, 9.17) is 4.74 Å². The number of carbonyl (C=O) groups excluding carboxylic acids is 2. The fraction of sp³-hybridized carbons (Fsp3) is 0.926. The molecule has 2 rings (SSSR count). The third-order valence-corrected chi connectivity index (χ3v) is 7.34. The van der Waals surface area contributed by atoms with Crippen molar-refractivity contribution < 1.29 is 14.3 Å². The van der Waals surface area contributed by atoms with E-state index in [1.54, 1.807) is 0 Å². The monoisotopic (exact) mass is 435 g/mol. The lowest BCUT2D eigenvalue weighted by Gasteiger charge is -2.34. The van der Waals surface area contributed by atoms with E-state index in [-0.39, 0.29) is 17.8 Å². The second-order valence-corrected chi connectivity index (χ2v) is 9.99. The summed E-state index contributed by atoms with van der Waals surface area (Å²) in [4.78, 5) is 27.0. The lowest BCUT2D eigenvalue weighted by atomic mass is 9.87. The van der Waals surface area contributed by atoms with E-state index in [0.717, 1.165) is 51.6 Å². The van der Waals surface area contributed by atoms with Gasteiger partial charge in [-0.2, -0.15) is 0 Å². The highest BCUT2D eigenvalue weighted by molar-refractivity contribution is 5.79. The summed E-state index contributed by atoms with van der Waals surface area (Å²) in [5.74, 6) is 0.534. The van der Waals surface area contributed by atoms with Crippen molar-refractivity contribution in [3.63, 3.8) is 0 Å². The van der Waals surface area contributed by atoms with Crippen molar-refractivity contribution in [3.8, 4) is 0 Å². The van der Waals surface area contributed by atoms with Gasteiger partial charge in [0.15, 0.2) is 0 Å². The van der Waals surface area contributed by atoms with Crippen LogP contribution in [-0.4, -0.2) is 36.5 Å². The van der Waals surface area contributed by atoms with Crippen LogP contribution in [-0.2, 0) is 14.3 Å². The minimum Gasteiger partial charge on any atom is -0.465 e. The minimum absolute atomic E-state index is 0.00673. The molecule has 1 aliphatic carbocycles. The van der Waals surface area contributed by atoms with Gasteiger partial charge in [0.2, 0.25) is 5.91 Å². The Hall–Kier alpha value is -1.06. The van der Waals surface area contributed by atoms with E-state index >= 15 is 0 Å². The summed E-state index contributed by atoms with van der Waals surface area (Å²) in [7, 11) is 0. The number of amides is 1. The second-order valence-electron chi connectivity index (χ2n) is 9.99. The lowest BCUT2D eigenvalue weighted by Crippen LogP contribution is -2.43. The summed E-state index contributed by atoms with van der Waals surface area (Å²) >= 11 is 0. The van der Waals surface area contributed by atoms with Gasteiger partial charge in [0.05, 0.1) is 12.5 Å². The maximum Gasteiger partial charge on any atom is 0.309 e. The molecule has 0 radical (unpaired) electrons. The summed E-state index contributed by atoms with van der Waals surface area (Å²) in [6, 6.07) is 0. The van der Waals surface area contributed by atoms with Gasteiger partial charge in [-0.15, -0.1) is 0 Å². The van der Waals surface area contributed by atoms with Crippen LogP contribution in [0.15, 0.2) is 0 Å². The van der Waals surface area contributed by atoms with Crippen LogP contribution in [0.25, 0.3) is 0 Å². The maximum absolute atomic E-state index is 12.6. The molecule has 0 aromatic rings. The number of unbranched alkanes of at least 4 members (excludes halogenated alkanes) is 11. The van der Waals surface area contributed by atoms with Gasteiger partial charge in [-0.3, -0.25) is 9.59 Å². The minimum atomic E-state index is -0.0344. The normalized spacial score (nSPS) is 18.3. The molecule has 1 amide bonds. The molecule has 1 heterocycles. The number of rotatable bonds is 15. The summed E-state index contributed by atoms with van der Waals surface area (Å²) in [6.45, 7) is 4.30. The Balaban J connectivity index is 1.41. The van der Waals surface area contributed by atoms with Crippen molar-refractivity contribution in [2.24, 2.45) is 11.8 Å². The van der Waals surface area contributed by atoms with Crippen LogP contribution >= 0.6 is 0 Å². The van der Waals surface area contributed by atoms with Crippen LogP contribution in [0.4, 0.5) is 0 Å². The highest BCUT2D eigenvalue weighted by Gasteiger charge is 2.31. The fourth-order valence-corrected chi connectivity index (χ4v) is 5.18. The van der Waals surface area contributed by atoms with Gasteiger partial charge < -0.3 is 9.64 Å². The van der Waals surface area contributed by atoms with Crippen LogP contribution in [0, 0.1) is 11.8 Å². The van der Waals surface area contributed by atoms with Gasteiger partial charge in [-0.1, -0.05) is 96.8 Å². The number of carbonyl (C=O) groups is 2. The Morgan fingerprint density at radius 2 is 1.19 bits per heavy atom. The van der Waals surface area contributed by atoms with Crippen LogP contribution in [0.1, 0.15) is 129 Å². The zero-order valence-electron chi connectivity index (χ0n) is 20.4. The molecule has 0 aromatic carbocycles. The van der Waals surface area contributed by atoms with Crippen molar-refractivity contribution >= 4 is 11.9 Å². The predicted molar refractivity (Wildman–Crippen MR) is 128 cm³/mol. The molecule has 1 saturated carbocycles. The number of piperidine rings is 1. The van der Waals surface area contributed by atoms with Gasteiger partial charge in [-0.05, 0) is 32.1 Å². The fourth-order valence-electron chi connectivity index (χ4n) is 5.18. The summed E-state index contributed by atoms with van der Waals surface area (Å²) in [5, 5.41) is 0.